The van der Waals surface area contributed by atoms with Gasteiger partial charge in [0.2, 0.25) is 0 Å². The summed E-state index contributed by atoms with van der Waals surface area (Å²) in [6.45, 7) is 3.94. The zero-order valence-corrected chi connectivity index (χ0v) is 8.81. The lowest BCUT2D eigenvalue weighted by atomic mass is 10.3. The lowest BCUT2D eigenvalue weighted by Crippen LogP contribution is -1.97. The molecule has 0 aromatic carbocycles. The van der Waals surface area contributed by atoms with Gasteiger partial charge >= 0.3 is 0 Å². The zero-order valence-electron chi connectivity index (χ0n) is 8.81. The molecule has 2 heterocycles. The zero-order chi connectivity index (χ0) is 10.3. The molecular formula is C9H13N5. The molecule has 0 aliphatic heterocycles. The molecule has 0 bridgehead atoms. The average Bonchev–Trinajstić information content (AvgIpc) is 2.61. The largest absolute Gasteiger partial charge is 0.313 e. The molecule has 2 aromatic rings. The van der Waals surface area contributed by atoms with Gasteiger partial charge < -0.3 is 4.57 Å². The molecule has 0 amide bonds. The summed E-state index contributed by atoms with van der Waals surface area (Å²) in [5.41, 5.74) is 1.98. The molecule has 14 heavy (non-hydrogen) atoms. The van der Waals surface area contributed by atoms with E-state index in [0.717, 1.165) is 23.0 Å². The van der Waals surface area contributed by atoms with Crippen LogP contribution in [-0.2, 0) is 14.1 Å². The van der Waals surface area contributed by atoms with Crippen LogP contribution in [0.1, 0.15) is 11.5 Å². The second kappa shape index (κ2) is 2.94. The lowest BCUT2D eigenvalue weighted by Gasteiger charge is -1.96. The quantitative estimate of drug-likeness (QED) is 0.671. The van der Waals surface area contributed by atoms with Crippen molar-refractivity contribution in [3.05, 3.63) is 17.6 Å². The van der Waals surface area contributed by atoms with Gasteiger partial charge in [0, 0.05) is 19.8 Å². The third-order valence-corrected chi connectivity index (χ3v) is 2.44. The molecule has 5 heteroatoms. The smallest absolute Gasteiger partial charge is 0.184 e. The highest BCUT2D eigenvalue weighted by atomic mass is 15.3. The SMILES string of the molecule is Cc1cc(-c2nnc(C)n2C)nn1C. The van der Waals surface area contributed by atoms with Crippen molar-refractivity contribution >= 4 is 0 Å². The van der Waals surface area contributed by atoms with E-state index in [0.29, 0.717) is 0 Å². The molecule has 0 aliphatic carbocycles. The third-order valence-electron chi connectivity index (χ3n) is 2.44. The highest BCUT2D eigenvalue weighted by Crippen LogP contribution is 2.15. The Morgan fingerprint density at radius 1 is 1.14 bits per heavy atom. The number of hydrogen-bond donors (Lipinski definition) is 0. The fourth-order valence-corrected chi connectivity index (χ4v) is 1.30. The Balaban J connectivity index is 2.54. The van der Waals surface area contributed by atoms with E-state index < -0.39 is 0 Å². The van der Waals surface area contributed by atoms with Crippen molar-refractivity contribution in [2.45, 2.75) is 13.8 Å². The maximum atomic E-state index is 4.35. The molecule has 0 radical (unpaired) electrons. The van der Waals surface area contributed by atoms with Gasteiger partial charge in [0.05, 0.1) is 0 Å². The van der Waals surface area contributed by atoms with E-state index in [-0.39, 0.29) is 0 Å². The molecule has 0 spiro atoms. The summed E-state index contributed by atoms with van der Waals surface area (Å²) in [6.07, 6.45) is 0. The number of hydrogen-bond acceptors (Lipinski definition) is 3. The highest BCUT2D eigenvalue weighted by Gasteiger charge is 2.11. The predicted octanol–water partition coefficient (Wildman–Crippen LogP) is 0.832. The number of rotatable bonds is 1. The first-order valence-electron chi connectivity index (χ1n) is 4.46. The Kier molecular flexibility index (Phi) is 1.87. The first kappa shape index (κ1) is 8.93. The normalized spacial score (nSPS) is 10.9. The van der Waals surface area contributed by atoms with Gasteiger partial charge in [0.25, 0.3) is 0 Å². The number of aromatic nitrogens is 5. The van der Waals surface area contributed by atoms with Crippen LogP contribution in [0.5, 0.6) is 0 Å². The molecule has 0 saturated heterocycles. The molecule has 0 unspecified atom stereocenters. The molecule has 0 fully saturated rings. The van der Waals surface area contributed by atoms with Gasteiger partial charge in [-0.3, -0.25) is 4.68 Å². The molecule has 5 nitrogen and oxygen atoms in total. The van der Waals surface area contributed by atoms with Gasteiger partial charge in [-0.05, 0) is 19.9 Å². The highest BCUT2D eigenvalue weighted by molar-refractivity contribution is 5.49. The van der Waals surface area contributed by atoms with E-state index >= 15 is 0 Å². The summed E-state index contributed by atoms with van der Waals surface area (Å²) in [4.78, 5) is 0. The van der Waals surface area contributed by atoms with Gasteiger partial charge in [-0.15, -0.1) is 10.2 Å². The van der Waals surface area contributed by atoms with E-state index in [1.54, 1.807) is 0 Å². The van der Waals surface area contributed by atoms with Gasteiger partial charge in [-0.1, -0.05) is 0 Å². The van der Waals surface area contributed by atoms with Gasteiger partial charge in [0.15, 0.2) is 5.82 Å². The Morgan fingerprint density at radius 3 is 2.29 bits per heavy atom. The van der Waals surface area contributed by atoms with E-state index in [1.165, 1.54) is 0 Å². The minimum absolute atomic E-state index is 0.811. The van der Waals surface area contributed by atoms with Crippen molar-refractivity contribution in [3.8, 4) is 11.5 Å². The van der Waals surface area contributed by atoms with Gasteiger partial charge in [-0.2, -0.15) is 5.10 Å². The van der Waals surface area contributed by atoms with Crippen molar-refractivity contribution < 1.29 is 0 Å². The van der Waals surface area contributed by atoms with Crippen molar-refractivity contribution in [2.75, 3.05) is 0 Å². The molecule has 2 rings (SSSR count). The molecule has 2 aromatic heterocycles. The first-order chi connectivity index (χ1) is 6.59. The van der Waals surface area contributed by atoms with E-state index in [1.807, 2.05) is 43.3 Å². The summed E-state index contributed by atoms with van der Waals surface area (Å²) in [6, 6.07) is 2.00. The first-order valence-corrected chi connectivity index (χ1v) is 4.46. The fourth-order valence-electron chi connectivity index (χ4n) is 1.30. The fraction of sp³-hybridized carbons (Fsp3) is 0.444. The van der Waals surface area contributed by atoms with Crippen LogP contribution in [0, 0.1) is 13.8 Å². The van der Waals surface area contributed by atoms with Crippen LogP contribution in [0.25, 0.3) is 11.5 Å². The van der Waals surface area contributed by atoms with E-state index in [9.17, 15) is 0 Å². The second-order valence-corrected chi connectivity index (χ2v) is 3.42. The summed E-state index contributed by atoms with van der Waals surface area (Å²) in [7, 11) is 3.86. The predicted molar refractivity (Wildman–Crippen MR) is 52.7 cm³/mol. The van der Waals surface area contributed by atoms with Crippen molar-refractivity contribution in [3.63, 3.8) is 0 Å². The molecule has 74 valence electrons. The van der Waals surface area contributed by atoms with Crippen LogP contribution >= 0.6 is 0 Å². The van der Waals surface area contributed by atoms with Crippen LogP contribution in [0.2, 0.25) is 0 Å². The standard InChI is InChI=1S/C9H13N5/c1-6-5-8(12-14(6)4)9-11-10-7(2)13(9)3/h5H,1-4H3. The van der Waals surface area contributed by atoms with Crippen molar-refractivity contribution in [2.24, 2.45) is 14.1 Å². The monoisotopic (exact) mass is 191 g/mol. The topological polar surface area (TPSA) is 48.5 Å². The molecule has 0 atom stereocenters. The molecular weight excluding hydrogens is 178 g/mol. The van der Waals surface area contributed by atoms with Crippen LogP contribution in [0.4, 0.5) is 0 Å². The molecule has 0 N–H and O–H groups in total. The minimum Gasteiger partial charge on any atom is -0.313 e. The van der Waals surface area contributed by atoms with Gasteiger partial charge in [0.1, 0.15) is 11.5 Å². The molecule has 0 aliphatic rings. The Labute approximate surface area is 82.4 Å². The van der Waals surface area contributed by atoms with E-state index in [4.69, 9.17) is 0 Å². The minimum atomic E-state index is 0.811. The van der Waals surface area contributed by atoms with Crippen LogP contribution < -0.4 is 0 Å². The summed E-state index contributed by atoms with van der Waals surface area (Å²) in [5, 5.41) is 12.4. The second-order valence-electron chi connectivity index (χ2n) is 3.42. The Morgan fingerprint density at radius 2 is 1.86 bits per heavy atom. The number of nitrogens with zero attached hydrogens (tertiary/aromatic N) is 5. The van der Waals surface area contributed by atoms with Crippen molar-refractivity contribution in [1.29, 1.82) is 0 Å². The van der Waals surface area contributed by atoms with Crippen molar-refractivity contribution in [1.82, 2.24) is 24.5 Å². The van der Waals surface area contributed by atoms with Crippen LogP contribution in [0.3, 0.4) is 0 Å². The lowest BCUT2D eigenvalue weighted by molar-refractivity contribution is 0.738. The summed E-state index contributed by atoms with van der Waals surface area (Å²) >= 11 is 0. The van der Waals surface area contributed by atoms with E-state index in [2.05, 4.69) is 15.3 Å². The Bertz CT molecular complexity index is 446. The number of aryl methyl sites for hydroxylation is 3. The maximum Gasteiger partial charge on any atom is 0.184 e. The third kappa shape index (κ3) is 1.21. The average molecular weight is 191 g/mol. The maximum absolute atomic E-state index is 4.35. The molecule has 0 saturated carbocycles. The summed E-state index contributed by atoms with van der Waals surface area (Å²) < 4.78 is 3.76. The summed E-state index contributed by atoms with van der Waals surface area (Å²) in [5.74, 6) is 1.70. The Hall–Kier alpha value is -1.65. The van der Waals surface area contributed by atoms with Crippen LogP contribution in [-0.4, -0.2) is 24.5 Å². The van der Waals surface area contributed by atoms with Crippen LogP contribution in [0.15, 0.2) is 6.07 Å². The van der Waals surface area contributed by atoms with Gasteiger partial charge in [-0.25, -0.2) is 0 Å².